The van der Waals surface area contributed by atoms with Crippen LogP contribution in [0.3, 0.4) is 0 Å². The van der Waals surface area contributed by atoms with Gasteiger partial charge in [-0.3, -0.25) is 0 Å². The molecule has 1 aromatic rings. The Balaban J connectivity index is 3.04. The number of methoxy groups -OCH3 is 2. The van der Waals surface area contributed by atoms with Crippen molar-refractivity contribution in [1.29, 1.82) is 0 Å². The summed E-state index contributed by atoms with van der Waals surface area (Å²) < 4.78 is 37.5. The van der Waals surface area contributed by atoms with Crippen LogP contribution in [0, 0.1) is 6.92 Å². The molecule has 1 rings (SSSR count). The number of benzene rings is 1. The molecule has 0 saturated heterocycles. The van der Waals surface area contributed by atoms with Crippen LogP contribution in [0.25, 0.3) is 0 Å². The number of aryl methyl sites for hydroxylation is 1. The van der Waals surface area contributed by atoms with Gasteiger partial charge in [0, 0.05) is 0 Å². The minimum Gasteiger partial charge on any atom is -0.500 e. The molecule has 0 aliphatic carbocycles. The molecule has 0 amide bonds. The number of hydrogen-bond acceptors (Lipinski definition) is 6. The molecule has 7 heteroatoms. The zero-order valence-electron chi connectivity index (χ0n) is 10.7. The van der Waals surface area contributed by atoms with Crippen LogP contribution in [-0.4, -0.2) is 28.6 Å². The monoisotopic (exact) mass is 286 g/mol. The van der Waals surface area contributed by atoms with Crippen LogP contribution in [0.1, 0.15) is 5.56 Å². The molecule has 0 spiro atoms. The van der Waals surface area contributed by atoms with E-state index in [2.05, 4.69) is 9.47 Å². The van der Waals surface area contributed by atoms with Gasteiger partial charge in [0.2, 0.25) is 0 Å². The standard InChI is InChI=1S/C12H14O6S/c1-9-4-6-10(7-5-9)19(14,15)18-11(8-16-2)12(13)17-3/h4-8H,1-3H3. The van der Waals surface area contributed by atoms with E-state index in [-0.39, 0.29) is 4.90 Å². The van der Waals surface area contributed by atoms with Crippen molar-refractivity contribution in [2.45, 2.75) is 11.8 Å². The summed E-state index contributed by atoms with van der Waals surface area (Å²) in [4.78, 5) is 11.2. The molecule has 19 heavy (non-hydrogen) atoms. The molecule has 0 radical (unpaired) electrons. The van der Waals surface area contributed by atoms with E-state index < -0.39 is 21.8 Å². The molecule has 0 aliphatic heterocycles. The van der Waals surface area contributed by atoms with Crippen molar-refractivity contribution in [2.24, 2.45) is 0 Å². The molecule has 0 bridgehead atoms. The topological polar surface area (TPSA) is 78.9 Å². The van der Waals surface area contributed by atoms with Gasteiger partial charge in [-0.05, 0) is 19.1 Å². The number of hydrogen-bond donors (Lipinski definition) is 0. The summed E-state index contributed by atoms with van der Waals surface area (Å²) in [6, 6.07) is 6.00. The van der Waals surface area contributed by atoms with Gasteiger partial charge in [-0.1, -0.05) is 17.7 Å². The lowest BCUT2D eigenvalue weighted by molar-refractivity contribution is -0.138. The largest absolute Gasteiger partial charge is 0.500 e. The van der Waals surface area contributed by atoms with Crippen molar-refractivity contribution < 1.29 is 26.9 Å². The lowest BCUT2D eigenvalue weighted by atomic mass is 10.2. The highest BCUT2D eigenvalue weighted by Gasteiger charge is 2.23. The van der Waals surface area contributed by atoms with E-state index in [4.69, 9.17) is 4.18 Å². The maximum atomic E-state index is 11.9. The van der Waals surface area contributed by atoms with E-state index >= 15 is 0 Å². The van der Waals surface area contributed by atoms with Crippen molar-refractivity contribution in [2.75, 3.05) is 14.2 Å². The predicted octanol–water partition coefficient (Wildman–Crippen LogP) is 1.36. The highest BCUT2D eigenvalue weighted by Crippen LogP contribution is 2.17. The smallest absolute Gasteiger partial charge is 0.378 e. The summed E-state index contributed by atoms with van der Waals surface area (Å²) in [5.41, 5.74) is 0.902. The molecule has 0 aromatic heterocycles. The zero-order chi connectivity index (χ0) is 14.5. The van der Waals surface area contributed by atoms with E-state index in [0.29, 0.717) is 0 Å². The van der Waals surface area contributed by atoms with Gasteiger partial charge in [0.15, 0.2) is 0 Å². The summed E-state index contributed by atoms with van der Waals surface area (Å²) in [5.74, 6) is -1.50. The summed E-state index contributed by atoms with van der Waals surface area (Å²) in [6.07, 6.45) is 0.859. The predicted molar refractivity (Wildman–Crippen MR) is 66.6 cm³/mol. The Bertz CT molecular complexity index is 571. The van der Waals surface area contributed by atoms with Gasteiger partial charge in [0.05, 0.1) is 14.2 Å². The Hall–Kier alpha value is -2.02. The molecule has 0 atom stereocenters. The number of carbonyl (C=O) groups is 1. The molecule has 1 aromatic carbocycles. The Labute approximate surface area is 111 Å². The van der Waals surface area contributed by atoms with E-state index in [1.54, 1.807) is 12.1 Å². The highest BCUT2D eigenvalue weighted by atomic mass is 32.2. The first kappa shape index (κ1) is 15.0. The Morgan fingerprint density at radius 1 is 1.16 bits per heavy atom. The van der Waals surface area contributed by atoms with Gasteiger partial charge in [0.25, 0.3) is 5.76 Å². The Kier molecular flexibility index (Phi) is 4.94. The molecule has 0 N–H and O–H groups in total. The molecule has 6 nitrogen and oxygen atoms in total. The van der Waals surface area contributed by atoms with E-state index in [1.807, 2.05) is 6.92 Å². The van der Waals surface area contributed by atoms with Gasteiger partial charge in [-0.2, -0.15) is 8.42 Å². The molecular formula is C12H14O6S. The highest BCUT2D eigenvalue weighted by molar-refractivity contribution is 7.86. The lowest BCUT2D eigenvalue weighted by Crippen LogP contribution is -2.14. The first-order valence-corrected chi connectivity index (χ1v) is 6.64. The number of rotatable bonds is 5. The Morgan fingerprint density at radius 3 is 2.21 bits per heavy atom. The van der Waals surface area contributed by atoms with E-state index in [0.717, 1.165) is 18.9 Å². The quantitative estimate of drug-likeness (QED) is 0.352. The number of esters is 1. The maximum absolute atomic E-state index is 11.9. The first-order chi connectivity index (χ1) is 8.90. The average Bonchev–Trinajstić information content (AvgIpc) is 2.37. The molecule has 0 unspecified atom stereocenters. The molecule has 0 fully saturated rings. The van der Waals surface area contributed by atoms with Crippen LogP contribution >= 0.6 is 0 Å². The summed E-state index contributed by atoms with van der Waals surface area (Å²) >= 11 is 0. The van der Waals surface area contributed by atoms with Gasteiger partial charge in [-0.15, -0.1) is 0 Å². The summed E-state index contributed by atoms with van der Waals surface area (Å²) in [7, 11) is -1.74. The number of ether oxygens (including phenoxy) is 2. The Morgan fingerprint density at radius 2 is 1.74 bits per heavy atom. The second-order valence-electron chi connectivity index (χ2n) is 3.56. The van der Waals surface area contributed by atoms with Crippen LogP contribution < -0.4 is 0 Å². The zero-order valence-corrected chi connectivity index (χ0v) is 11.6. The van der Waals surface area contributed by atoms with Gasteiger partial charge in [0.1, 0.15) is 11.2 Å². The van der Waals surface area contributed by atoms with Crippen LogP contribution in [0.4, 0.5) is 0 Å². The van der Waals surface area contributed by atoms with Crippen LogP contribution in [-0.2, 0) is 28.6 Å². The van der Waals surface area contributed by atoms with Crippen molar-refractivity contribution in [3.63, 3.8) is 0 Å². The summed E-state index contributed by atoms with van der Waals surface area (Å²) in [5, 5.41) is 0. The fourth-order valence-corrected chi connectivity index (χ4v) is 2.09. The molecule has 0 saturated carbocycles. The van der Waals surface area contributed by atoms with Crippen LogP contribution in [0.5, 0.6) is 0 Å². The van der Waals surface area contributed by atoms with Crippen LogP contribution in [0.15, 0.2) is 41.2 Å². The minimum absolute atomic E-state index is 0.0657. The van der Waals surface area contributed by atoms with Gasteiger partial charge >= 0.3 is 16.1 Å². The normalized spacial score (nSPS) is 11.8. The van der Waals surface area contributed by atoms with Crippen molar-refractivity contribution in [3.05, 3.63) is 41.9 Å². The third kappa shape index (κ3) is 3.99. The molecule has 0 heterocycles. The first-order valence-electron chi connectivity index (χ1n) is 5.23. The van der Waals surface area contributed by atoms with Gasteiger partial charge in [-0.25, -0.2) is 4.79 Å². The fraction of sp³-hybridized carbons (Fsp3) is 0.250. The van der Waals surface area contributed by atoms with Crippen LogP contribution in [0.2, 0.25) is 0 Å². The average molecular weight is 286 g/mol. The molecular weight excluding hydrogens is 272 g/mol. The third-order valence-corrected chi connectivity index (χ3v) is 3.37. The minimum atomic E-state index is -4.10. The van der Waals surface area contributed by atoms with E-state index in [1.165, 1.54) is 19.2 Å². The second-order valence-corrected chi connectivity index (χ2v) is 5.11. The van der Waals surface area contributed by atoms with E-state index in [9.17, 15) is 13.2 Å². The molecule has 104 valence electrons. The van der Waals surface area contributed by atoms with Crippen molar-refractivity contribution in [1.82, 2.24) is 0 Å². The molecule has 0 aliphatic rings. The number of carbonyl (C=O) groups excluding carboxylic acids is 1. The second kappa shape index (κ2) is 6.24. The van der Waals surface area contributed by atoms with Gasteiger partial charge < -0.3 is 13.7 Å². The van der Waals surface area contributed by atoms with Crippen molar-refractivity contribution >= 4 is 16.1 Å². The fourth-order valence-electron chi connectivity index (χ4n) is 1.18. The SMILES string of the molecule is COC=C(OS(=O)(=O)c1ccc(C)cc1)C(=O)OC. The summed E-state index contributed by atoms with van der Waals surface area (Å²) in [6.45, 7) is 1.82. The maximum Gasteiger partial charge on any atom is 0.378 e. The third-order valence-electron chi connectivity index (χ3n) is 2.12. The van der Waals surface area contributed by atoms with Crippen molar-refractivity contribution in [3.8, 4) is 0 Å². The lowest BCUT2D eigenvalue weighted by Gasteiger charge is -2.08.